The molecular formula is C20H31NO2S. The fourth-order valence-corrected chi connectivity index (χ4v) is 4.43. The van der Waals surface area contributed by atoms with Gasteiger partial charge in [0, 0.05) is 18.4 Å². The average Bonchev–Trinajstić information content (AvgIpc) is 2.92. The van der Waals surface area contributed by atoms with Gasteiger partial charge in [-0.05, 0) is 51.5 Å². The molecule has 0 bridgehead atoms. The quantitative estimate of drug-likeness (QED) is 0.807. The first-order valence-electron chi connectivity index (χ1n) is 9.07. The molecule has 2 rings (SSSR count). The van der Waals surface area contributed by atoms with Gasteiger partial charge in [0.2, 0.25) is 0 Å². The van der Waals surface area contributed by atoms with Gasteiger partial charge in [-0.1, -0.05) is 43.7 Å². The second-order valence-electron chi connectivity index (χ2n) is 7.83. The molecule has 0 aliphatic heterocycles. The monoisotopic (exact) mass is 349 g/mol. The highest BCUT2D eigenvalue weighted by atomic mass is 32.2. The summed E-state index contributed by atoms with van der Waals surface area (Å²) in [6.07, 6.45) is 4.42. The lowest BCUT2D eigenvalue weighted by Crippen LogP contribution is -2.46. The molecule has 1 fully saturated rings. The minimum absolute atomic E-state index is 0.00464. The lowest BCUT2D eigenvalue weighted by atomic mass is 9.84. The predicted molar refractivity (Wildman–Crippen MR) is 101 cm³/mol. The Balaban J connectivity index is 2.14. The van der Waals surface area contributed by atoms with Crippen molar-refractivity contribution in [1.82, 2.24) is 4.72 Å². The molecule has 0 amide bonds. The van der Waals surface area contributed by atoms with Crippen molar-refractivity contribution in [3.8, 4) is 0 Å². The molecule has 4 atom stereocenters. The molecule has 3 nitrogen and oxygen atoms in total. The number of carbonyl (C=O) groups is 1. The zero-order valence-electron chi connectivity index (χ0n) is 15.4. The van der Waals surface area contributed by atoms with E-state index in [-0.39, 0.29) is 16.7 Å². The lowest BCUT2D eigenvalue weighted by Gasteiger charge is -2.30. The molecule has 0 radical (unpaired) electrons. The maximum absolute atomic E-state index is 12.6. The normalized spacial score (nSPS) is 24.1. The van der Waals surface area contributed by atoms with Crippen LogP contribution < -0.4 is 4.72 Å². The molecule has 0 saturated heterocycles. The minimum atomic E-state index is -1.16. The Morgan fingerprint density at radius 2 is 1.92 bits per heavy atom. The molecule has 1 aromatic rings. The second-order valence-corrected chi connectivity index (χ2v) is 9.83. The fourth-order valence-electron chi connectivity index (χ4n) is 3.54. The van der Waals surface area contributed by atoms with Gasteiger partial charge in [0.25, 0.3) is 0 Å². The van der Waals surface area contributed by atoms with Crippen molar-refractivity contribution >= 4 is 16.8 Å². The summed E-state index contributed by atoms with van der Waals surface area (Å²) in [5, 5.41) is 0. The Hall–Kier alpha value is -1.00. The van der Waals surface area contributed by atoms with E-state index in [2.05, 4.69) is 23.8 Å². The van der Waals surface area contributed by atoms with Crippen molar-refractivity contribution < 1.29 is 9.00 Å². The van der Waals surface area contributed by atoms with Crippen molar-refractivity contribution in [3.63, 3.8) is 0 Å². The van der Waals surface area contributed by atoms with Crippen LogP contribution in [0.4, 0.5) is 0 Å². The number of rotatable bonds is 7. The van der Waals surface area contributed by atoms with Crippen LogP contribution in [0.1, 0.15) is 58.9 Å². The van der Waals surface area contributed by atoms with Crippen LogP contribution in [0.15, 0.2) is 30.3 Å². The zero-order valence-corrected chi connectivity index (χ0v) is 16.2. The van der Waals surface area contributed by atoms with Crippen LogP contribution in [-0.2, 0) is 22.2 Å². The Morgan fingerprint density at radius 3 is 2.50 bits per heavy atom. The zero-order chi connectivity index (χ0) is 17.7. The molecule has 1 saturated carbocycles. The largest absolute Gasteiger partial charge is 0.299 e. The van der Waals surface area contributed by atoms with Crippen LogP contribution >= 0.6 is 0 Å². The smallest absolute Gasteiger partial charge is 0.137 e. The molecular weight excluding hydrogens is 318 g/mol. The summed E-state index contributed by atoms with van der Waals surface area (Å²) in [6, 6.07) is 10.3. The molecule has 1 aliphatic carbocycles. The first-order chi connectivity index (χ1) is 11.3. The number of Topliss-reactive ketones (excluding diaryl/α,β-unsaturated/α-hetero) is 1. The third kappa shape index (κ3) is 5.00. The van der Waals surface area contributed by atoms with Crippen LogP contribution in [0.5, 0.6) is 0 Å². The van der Waals surface area contributed by atoms with Gasteiger partial charge in [-0.15, -0.1) is 0 Å². The summed E-state index contributed by atoms with van der Waals surface area (Å²) in [7, 11) is -1.16. The predicted octanol–water partition coefficient (Wildman–Crippen LogP) is 4.04. The van der Waals surface area contributed by atoms with Gasteiger partial charge in [0.1, 0.15) is 5.78 Å². The Kier molecular flexibility index (Phi) is 6.76. The maximum atomic E-state index is 12.6. The number of nitrogens with one attached hydrogen (secondary N) is 1. The van der Waals surface area contributed by atoms with Gasteiger partial charge in [-0.25, -0.2) is 8.93 Å². The van der Waals surface area contributed by atoms with E-state index < -0.39 is 11.0 Å². The summed E-state index contributed by atoms with van der Waals surface area (Å²) in [5.41, 5.74) is 1.27. The van der Waals surface area contributed by atoms with Crippen LogP contribution in [0.25, 0.3) is 0 Å². The van der Waals surface area contributed by atoms with Crippen molar-refractivity contribution in [1.29, 1.82) is 0 Å². The lowest BCUT2D eigenvalue weighted by molar-refractivity contribution is -0.122. The molecule has 0 unspecified atom stereocenters. The van der Waals surface area contributed by atoms with Gasteiger partial charge in [-0.2, -0.15) is 0 Å². The van der Waals surface area contributed by atoms with Gasteiger partial charge in [0.05, 0.1) is 15.7 Å². The minimum Gasteiger partial charge on any atom is -0.299 e. The van der Waals surface area contributed by atoms with E-state index in [1.807, 2.05) is 39.0 Å². The summed E-state index contributed by atoms with van der Waals surface area (Å²) in [6.45, 7) is 8.07. The maximum Gasteiger partial charge on any atom is 0.137 e. The van der Waals surface area contributed by atoms with Gasteiger partial charge >= 0.3 is 0 Å². The van der Waals surface area contributed by atoms with E-state index >= 15 is 0 Å². The van der Waals surface area contributed by atoms with Crippen molar-refractivity contribution in [2.24, 2.45) is 11.8 Å². The van der Waals surface area contributed by atoms with E-state index in [1.54, 1.807) is 0 Å². The van der Waals surface area contributed by atoms with E-state index in [4.69, 9.17) is 0 Å². The molecule has 0 heterocycles. The molecule has 0 aromatic heterocycles. The number of carbonyl (C=O) groups excluding carboxylic acids is 1. The third-order valence-corrected chi connectivity index (χ3v) is 6.63. The Bertz CT molecular complexity index is 565. The number of ketones is 1. The third-order valence-electron chi connectivity index (χ3n) is 5.00. The number of hydrogen-bond donors (Lipinski definition) is 1. The summed E-state index contributed by atoms with van der Waals surface area (Å²) >= 11 is 0. The first kappa shape index (κ1) is 19.3. The van der Waals surface area contributed by atoms with Crippen LogP contribution in [0.2, 0.25) is 0 Å². The molecule has 0 spiro atoms. The number of aryl methyl sites for hydroxylation is 1. The molecule has 1 N–H and O–H groups in total. The van der Waals surface area contributed by atoms with Crippen LogP contribution in [0, 0.1) is 11.8 Å². The molecule has 4 heteroatoms. The first-order valence-corrected chi connectivity index (χ1v) is 10.2. The number of benzene rings is 1. The summed E-state index contributed by atoms with van der Waals surface area (Å²) in [5.74, 6) is 0.770. The van der Waals surface area contributed by atoms with E-state index in [0.717, 1.165) is 25.7 Å². The molecule has 24 heavy (non-hydrogen) atoms. The van der Waals surface area contributed by atoms with Gasteiger partial charge < -0.3 is 0 Å². The van der Waals surface area contributed by atoms with Crippen molar-refractivity contribution in [2.45, 2.75) is 70.6 Å². The Morgan fingerprint density at radius 1 is 1.25 bits per heavy atom. The Labute approximate surface area is 149 Å². The van der Waals surface area contributed by atoms with Crippen LogP contribution in [-0.4, -0.2) is 20.8 Å². The number of hydrogen-bond acceptors (Lipinski definition) is 2. The molecule has 1 aromatic carbocycles. The van der Waals surface area contributed by atoms with Crippen molar-refractivity contribution in [2.75, 3.05) is 0 Å². The summed E-state index contributed by atoms with van der Waals surface area (Å²) < 4.78 is 15.6. The van der Waals surface area contributed by atoms with Gasteiger partial charge in [-0.3, -0.25) is 4.79 Å². The van der Waals surface area contributed by atoms with Crippen molar-refractivity contribution in [3.05, 3.63) is 35.9 Å². The topological polar surface area (TPSA) is 46.2 Å². The van der Waals surface area contributed by atoms with E-state index in [1.165, 1.54) is 5.56 Å². The highest BCUT2D eigenvalue weighted by Crippen LogP contribution is 2.35. The summed E-state index contributed by atoms with van der Waals surface area (Å²) in [4.78, 5) is 12.5. The second kappa shape index (κ2) is 8.39. The molecule has 134 valence electrons. The highest BCUT2D eigenvalue weighted by Gasteiger charge is 2.40. The average molecular weight is 350 g/mol. The van der Waals surface area contributed by atoms with E-state index in [9.17, 15) is 9.00 Å². The molecule has 1 aliphatic rings. The highest BCUT2D eigenvalue weighted by molar-refractivity contribution is 7.84. The fraction of sp³-hybridized carbons (Fsp3) is 0.650. The SMILES string of the molecule is CC[C@@H]1CCC(=O)[C@H]1[C@@H](CCc1ccccc1)N[S@](=O)C(C)(C)C. The van der Waals surface area contributed by atoms with Crippen LogP contribution in [0.3, 0.4) is 0 Å². The standard InChI is InChI=1S/C20H31NO2S/c1-5-16-12-14-18(22)19(16)17(21-24(23)20(2,3)4)13-11-15-9-7-6-8-10-15/h6-10,16-17,19,21H,5,11-14H2,1-4H3/t16-,17-,19-,24-/m1/s1. The van der Waals surface area contributed by atoms with Gasteiger partial charge in [0.15, 0.2) is 0 Å². The van der Waals surface area contributed by atoms with E-state index in [0.29, 0.717) is 18.1 Å².